The van der Waals surface area contributed by atoms with Crippen molar-refractivity contribution in [3.05, 3.63) is 54.6 Å². The first-order valence-corrected chi connectivity index (χ1v) is 6.14. The van der Waals surface area contributed by atoms with Crippen molar-refractivity contribution >= 4 is 11.4 Å². The highest BCUT2D eigenvalue weighted by molar-refractivity contribution is 5.60. The van der Waals surface area contributed by atoms with Gasteiger partial charge in [0.1, 0.15) is 11.4 Å². The van der Waals surface area contributed by atoms with E-state index in [9.17, 15) is 0 Å². The lowest BCUT2D eigenvalue weighted by Crippen LogP contribution is -2.22. The van der Waals surface area contributed by atoms with Crippen molar-refractivity contribution < 1.29 is 4.74 Å². The summed E-state index contributed by atoms with van der Waals surface area (Å²) in [5.74, 6) is 0.878. The van der Waals surface area contributed by atoms with E-state index in [0.29, 0.717) is 0 Å². The third-order valence-corrected chi connectivity index (χ3v) is 2.32. The molecule has 94 valence electrons. The molecule has 0 spiro atoms. The summed E-state index contributed by atoms with van der Waals surface area (Å²) in [4.78, 5) is 0. The Morgan fingerprint density at radius 2 is 1.50 bits per heavy atom. The highest BCUT2D eigenvalue weighted by Crippen LogP contribution is 2.24. The molecule has 0 aliphatic carbocycles. The van der Waals surface area contributed by atoms with Crippen molar-refractivity contribution in [3.8, 4) is 5.75 Å². The molecule has 0 fully saturated rings. The van der Waals surface area contributed by atoms with Crippen LogP contribution in [0, 0.1) is 0 Å². The van der Waals surface area contributed by atoms with E-state index in [-0.39, 0.29) is 5.60 Å². The molecule has 0 atom stereocenters. The van der Waals surface area contributed by atoms with Gasteiger partial charge in [0.2, 0.25) is 0 Å². The maximum atomic E-state index is 5.84. The molecule has 2 nitrogen and oxygen atoms in total. The summed E-state index contributed by atoms with van der Waals surface area (Å²) in [6, 6.07) is 18.1. The van der Waals surface area contributed by atoms with E-state index in [2.05, 4.69) is 5.32 Å². The number of anilines is 2. The van der Waals surface area contributed by atoms with Crippen LogP contribution in [-0.2, 0) is 0 Å². The third kappa shape index (κ3) is 3.81. The Kier molecular flexibility index (Phi) is 3.56. The van der Waals surface area contributed by atoms with Crippen LogP contribution in [0.3, 0.4) is 0 Å². The van der Waals surface area contributed by atoms with Gasteiger partial charge >= 0.3 is 0 Å². The Labute approximate surface area is 109 Å². The number of hydrogen-bond donors (Lipinski definition) is 1. The molecule has 0 unspecified atom stereocenters. The molecule has 0 radical (unpaired) electrons. The van der Waals surface area contributed by atoms with Crippen LogP contribution in [-0.4, -0.2) is 5.60 Å². The van der Waals surface area contributed by atoms with Gasteiger partial charge in [-0.1, -0.05) is 24.3 Å². The molecule has 18 heavy (non-hydrogen) atoms. The fourth-order valence-corrected chi connectivity index (χ4v) is 1.68. The first kappa shape index (κ1) is 12.5. The molecular formula is C16H19NO. The first-order chi connectivity index (χ1) is 8.53. The van der Waals surface area contributed by atoms with Crippen LogP contribution >= 0.6 is 0 Å². The van der Waals surface area contributed by atoms with Crippen molar-refractivity contribution in [1.82, 2.24) is 0 Å². The Morgan fingerprint density at radius 1 is 0.833 bits per heavy atom. The van der Waals surface area contributed by atoms with Crippen LogP contribution in [0.15, 0.2) is 54.6 Å². The van der Waals surface area contributed by atoms with E-state index in [1.54, 1.807) is 0 Å². The van der Waals surface area contributed by atoms with E-state index < -0.39 is 0 Å². The zero-order valence-corrected chi connectivity index (χ0v) is 11.1. The molecule has 1 N–H and O–H groups in total. The molecule has 2 aromatic carbocycles. The molecule has 0 saturated heterocycles. The molecule has 0 aromatic heterocycles. The minimum atomic E-state index is -0.175. The van der Waals surface area contributed by atoms with Crippen molar-refractivity contribution in [3.63, 3.8) is 0 Å². The summed E-state index contributed by atoms with van der Waals surface area (Å²) in [5, 5.41) is 3.35. The molecule has 0 saturated carbocycles. The van der Waals surface area contributed by atoms with Crippen molar-refractivity contribution in [2.75, 3.05) is 5.32 Å². The third-order valence-electron chi connectivity index (χ3n) is 2.32. The van der Waals surface area contributed by atoms with Gasteiger partial charge in [-0.25, -0.2) is 0 Å². The first-order valence-electron chi connectivity index (χ1n) is 6.14. The van der Waals surface area contributed by atoms with Gasteiger partial charge in [-0.05, 0) is 45.0 Å². The van der Waals surface area contributed by atoms with Gasteiger partial charge in [0.15, 0.2) is 0 Å². The van der Waals surface area contributed by atoms with Crippen LogP contribution in [0.2, 0.25) is 0 Å². The lowest BCUT2D eigenvalue weighted by molar-refractivity contribution is 0.131. The summed E-state index contributed by atoms with van der Waals surface area (Å²) < 4.78 is 5.84. The second-order valence-corrected chi connectivity index (χ2v) is 5.23. The molecule has 2 rings (SSSR count). The summed E-state index contributed by atoms with van der Waals surface area (Å²) in [5.41, 5.74) is 1.93. The van der Waals surface area contributed by atoms with Gasteiger partial charge in [0.25, 0.3) is 0 Å². The van der Waals surface area contributed by atoms with Crippen molar-refractivity contribution in [2.45, 2.75) is 26.4 Å². The molecule has 0 bridgehead atoms. The average Bonchev–Trinajstić information content (AvgIpc) is 2.28. The topological polar surface area (TPSA) is 21.3 Å². The fraction of sp³-hybridized carbons (Fsp3) is 0.250. The van der Waals surface area contributed by atoms with Gasteiger partial charge in [-0.3, -0.25) is 0 Å². The van der Waals surface area contributed by atoms with Crippen LogP contribution in [0.1, 0.15) is 20.8 Å². The summed E-state index contributed by atoms with van der Waals surface area (Å²) in [7, 11) is 0. The highest BCUT2D eigenvalue weighted by atomic mass is 16.5. The van der Waals surface area contributed by atoms with E-state index in [4.69, 9.17) is 4.74 Å². The zero-order valence-electron chi connectivity index (χ0n) is 11.1. The number of nitrogens with one attached hydrogen (secondary N) is 1. The van der Waals surface area contributed by atoms with E-state index in [1.165, 1.54) is 0 Å². The summed E-state index contributed by atoms with van der Waals surface area (Å²) >= 11 is 0. The fourth-order valence-electron chi connectivity index (χ4n) is 1.68. The molecule has 2 aromatic rings. The standard InChI is InChI=1S/C16H19NO/c1-16(2,3)18-15-11-7-10-14(12-15)17-13-8-5-4-6-9-13/h4-12,17H,1-3H3. The SMILES string of the molecule is CC(C)(C)Oc1cccc(Nc2ccccc2)c1. The van der Waals surface area contributed by atoms with E-state index in [0.717, 1.165) is 17.1 Å². The predicted octanol–water partition coefficient (Wildman–Crippen LogP) is 4.61. The second-order valence-electron chi connectivity index (χ2n) is 5.23. The van der Waals surface area contributed by atoms with Crippen LogP contribution in [0.25, 0.3) is 0 Å². The predicted molar refractivity (Wildman–Crippen MR) is 76.5 cm³/mol. The molecule has 2 heteroatoms. The molecule has 0 aliphatic rings. The minimum absolute atomic E-state index is 0.175. The second kappa shape index (κ2) is 5.13. The number of rotatable bonds is 3. The van der Waals surface area contributed by atoms with E-state index in [1.807, 2.05) is 75.4 Å². The molecule has 0 aliphatic heterocycles. The zero-order chi connectivity index (χ0) is 13.0. The lowest BCUT2D eigenvalue weighted by Gasteiger charge is -2.21. The maximum Gasteiger partial charge on any atom is 0.122 e. The van der Waals surface area contributed by atoms with Crippen molar-refractivity contribution in [2.24, 2.45) is 0 Å². The Balaban J connectivity index is 2.13. The smallest absolute Gasteiger partial charge is 0.122 e. The Morgan fingerprint density at radius 3 is 2.17 bits per heavy atom. The Hall–Kier alpha value is -1.96. The quantitative estimate of drug-likeness (QED) is 0.847. The Bertz CT molecular complexity index is 500. The van der Waals surface area contributed by atoms with Crippen LogP contribution in [0.5, 0.6) is 5.75 Å². The van der Waals surface area contributed by atoms with Gasteiger partial charge in [-0.15, -0.1) is 0 Å². The summed E-state index contributed by atoms with van der Waals surface area (Å²) in [6.07, 6.45) is 0. The van der Waals surface area contributed by atoms with Gasteiger partial charge in [-0.2, -0.15) is 0 Å². The lowest BCUT2D eigenvalue weighted by atomic mass is 10.2. The van der Waals surface area contributed by atoms with Crippen LogP contribution in [0.4, 0.5) is 11.4 Å². The molecular weight excluding hydrogens is 222 g/mol. The minimum Gasteiger partial charge on any atom is -0.488 e. The average molecular weight is 241 g/mol. The summed E-state index contributed by atoms with van der Waals surface area (Å²) in [6.45, 7) is 6.14. The maximum absolute atomic E-state index is 5.84. The van der Waals surface area contributed by atoms with Gasteiger partial charge in [0, 0.05) is 17.4 Å². The van der Waals surface area contributed by atoms with Crippen LogP contribution < -0.4 is 10.1 Å². The molecule has 0 heterocycles. The van der Waals surface area contributed by atoms with E-state index >= 15 is 0 Å². The van der Waals surface area contributed by atoms with Crippen molar-refractivity contribution in [1.29, 1.82) is 0 Å². The number of para-hydroxylation sites is 1. The molecule has 0 amide bonds. The monoisotopic (exact) mass is 241 g/mol. The van der Waals surface area contributed by atoms with Gasteiger partial charge in [0.05, 0.1) is 0 Å². The highest BCUT2D eigenvalue weighted by Gasteiger charge is 2.11. The number of benzene rings is 2. The number of ether oxygens (including phenoxy) is 1. The van der Waals surface area contributed by atoms with Gasteiger partial charge < -0.3 is 10.1 Å². The largest absolute Gasteiger partial charge is 0.488 e. The normalized spacial score (nSPS) is 11.1. The number of hydrogen-bond acceptors (Lipinski definition) is 2.